The summed E-state index contributed by atoms with van der Waals surface area (Å²) in [6.07, 6.45) is 0.796. The lowest BCUT2D eigenvalue weighted by Gasteiger charge is -2.16. The molecule has 0 amide bonds. The van der Waals surface area contributed by atoms with Crippen LogP contribution in [0.15, 0.2) is 24.3 Å². The van der Waals surface area contributed by atoms with Crippen LogP contribution in [0.5, 0.6) is 0 Å². The van der Waals surface area contributed by atoms with Gasteiger partial charge in [-0.2, -0.15) is 0 Å². The van der Waals surface area contributed by atoms with Gasteiger partial charge < -0.3 is 5.32 Å². The number of halogens is 5. The van der Waals surface area contributed by atoms with Crippen LogP contribution >= 0.6 is 22.6 Å². The number of nitrogens with one attached hydrogen (secondary N) is 2. The summed E-state index contributed by atoms with van der Waals surface area (Å²) in [5, 5.41) is 1.53. The molecule has 0 radical (unpaired) electrons. The van der Waals surface area contributed by atoms with E-state index in [1.807, 2.05) is 27.3 Å². The third-order valence-corrected chi connectivity index (χ3v) is 6.08. The number of hydrogen-bond acceptors (Lipinski definition) is 3. The zero-order chi connectivity index (χ0) is 18.4. The topological polar surface area (TPSA) is 58.2 Å². The predicted octanol–water partition coefficient (Wildman–Crippen LogP) is 4.50. The van der Waals surface area contributed by atoms with E-state index < -0.39 is 49.9 Å². The summed E-state index contributed by atoms with van der Waals surface area (Å²) in [5.74, 6) is -5.14. The zero-order valence-electron chi connectivity index (χ0n) is 12.4. The summed E-state index contributed by atoms with van der Waals surface area (Å²) < 4.78 is 82.4. The average Bonchev–Trinajstić information content (AvgIpc) is 3.35. The highest BCUT2D eigenvalue weighted by Crippen LogP contribution is 2.37. The molecule has 4 nitrogen and oxygen atoms in total. The summed E-state index contributed by atoms with van der Waals surface area (Å²) in [6, 6.07) is 4.10. The Labute approximate surface area is 154 Å². The molecular weight excluding hydrogens is 475 g/mol. The molecule has 0 heterocycles. The number of hydrogen-bond donors (Lipinski definition) is 2. The highest BCUT2D eigenvalue weighted by atomic mass is 127. The van der Waals surface area contributed by atoms with Crippen molar-refractivity contribution in [1.82, 2.24) is 0 Å². The molecule has 2 aromatic carbocycles. The van der Waals surface area contributed by atoms with E-state index >= 15 is 0 Å². The molecule has 0 unspecified atom stereocenters. The van der Waals surface area contributed by atoms with Crippen molar-refractivity contribution >= 4 is 49.7 Å². The van der Waals surface area contributed by atoms with E-state index in [2.05, 4.69) is 5.32 Å². The molecule has 1 aliphatic rings. The van der Waals surface area contributed by atoms with Crippen LogP contribution in [0.2, 0.25) is 0 Å². The van der Waals surface area contributed by atoms with E-state index in [9.17, 15) is 26.0 Å². The molecule has 0 saturated heterocycles. The normalized spacial score (nSPS) is 14.4. The molecule has 1 fully saturated rings. The minimum Gasteiger partial charge on any atom is -0.349 e. The molecule has 1 aliphatic carbocycles. The first-order chi connectivity index (χ1) is 11.7. The fourth-order valence-corrected chi connectivity index (χ4v) is 4.00. The summed E-state index contributed by atoms with van der Waals surface area (Å²) in [4.78, 5) is 0. The van der Waals surface area contributed by atoms with Crippen molar-refractivity contribution < 1.29 is 26.0 Å². The van der Waals surface area contributed by atoms with Gasteiger partial charge in [-0.15, -0.1) is 0 Å². The van der Waals surface area contributed by atoms with Crippen molar-refractivity contribution in [3.05, 3.63) is 51.1 Å². The first kappa shape index (κ1) is 18.2. The third kappa shape index (κ3) is 3.84. The Morgan fingerprint density at radius 2 is 1.64 bits per heavy atom. The molecule has 0 spiro atoms. The van der Waals surface area contributed by atoms with Gasteiger partial charge in [-0.1, -0.05) is 0 Å². The number of anilines is 3. The van der Waals surface area contributed by atoms with E-state index in [0.29, 0.717) is 16.4 Å². The van der Waals surface area contributed by atoms with Crippen LogP contribution in [0.25, 0.3) is 0 Å². The van der Waals surface area contributed by atoms with Crippen molar-refractivity contribution in [1.29, 1.82) is 0 Å². The largest absolute Gasteiger partial charge is 0.349 e. The molecule has 134 valence electrons. The smallest absolute Gasteiger partial charge is 0.235 e. The third-order valence-electron chi connectivity index (χ3n) is 3.57. The molecule has 25 heavy (non-hydrogen) atoms. The summed E-state index contributed by atoms with van der Waals surface area (Å²) in [7, 11) is -3.94. The van der Waals surface area contributed by atoms with Crippen molar-refractivity contribution in [2.75, 3.05) is 10.0 Å². The second kappa shape index (κ2) is 6.63. The summed E-state index contributed by atoms with van der Waals surface area (Å²) in [5.41, 5.74) is -1.86. The van der Waals surface area contributed by atoms with Gasteiger partial charge in [0, 0.05) is 9.64 Å². The Morgan fingerprint density at radius 1 is 0.960 bits per heavy atom. The second-order valence-electron chi connectivity index (χ2n) is 5.50. The maximum Gasteiger partial charge on any atom is 0.235 e. The van der Waals surface area contributed by atoms with Crippen molar-refractivity contribution in [2.45, 2.75) is 18.1 Å². The lowest BCUT2D eigenvalue weighted by molar-refractivity contribution is 0.499. The van der Waals surface area contributed by atoms with E-state index in [0.717, 1.165) is 6.07 Å². The highest BCUT2D eigenvalue weighted by molar-refractivity contribution is 14.1. The van der Waals surface area contributed by atoms with Gasteiger partial charge in [0.1, 0.15) is 17.2 Å². The standard InChI is InChI=1S/C15H11F4IN2O2S/c16-9-5-7(20)1-4-12(9)21-15-13(19)10(17)6-11(18)14(15)22-25(23,24)8-2-3-8/h1,4-6,8,21-22H,2-3H2. The first-order valence-electron chi connectivity index (χ1n) is 7.10. The van der Waals surface area contributed by atoms with E-state index in [1.54, 1.807) is 0 Å². The maximum absolute atomic E-state index is 14.2. The van der Waals surface area contributed by atoms with Crippen molar-refractivity contribution in [3.8, 4) is 0 Å². The second-order valence-corrected chi connectivity index (χ2v) is 8.71. The molecule has 0 aromatic heterocycles. The van der Waals surface area contributed by atoms with Gasteiger partial charge in [-0.3, -0.25) is 4.72 Å². The fraction of sp³-hybridized carbons (Fsp3) is 0.200. The number of sulfonamides is 1. The van der Waals surface area contributed by atoms with E-state index in [4.69, 9.17) is 0 Å². The SMILES string of the molecule is O=S(=O)(Nc1c(F)cc(F)c(F)c1Nc1ccc(I)cc1F)C1CC1. The van der Waals surface area contributed by atoms with Crippen LogP contribution in [-0.4, -0.2) is 13.7 Å². The Hall–Kier alpha value is -1.56. The Balaban J connectivity index is 2.07. The summed E-state index contributed by atoms with van der Waals surface area (Å²) >= 11 is 1.86. The lowest BCUT2D eigenvalue weighted by Crippen LogP contribution is -2.20. The van der Waals surface area contributed by atoms with Crippen LogP contribution in [-0.2, 0) is 10.0 Å². The van der Waals surface area contributed by atoms with Gasteiger partial charge >= 0.3 is 0 Å². The summed E-state index contributed by atoms with van der Waals surface area (Å²) in [6.45, 7) is 0. The lowest BCUT2D eigenvalue weighted by atomic mass is 10.2. The highest BCUT2D eigenvalue weighted by Gasteiger charge is 2.37. The number of rotatable bonds is 5. The van der Waals surface area contributed by atoms with Gasteiger partial charge in [0.05, 0.1) is 10.9 Å². The molecule has 0 atom stereocenters. The van der Waals surface area contributed by atoms with Crippen LogP contribution in [0.1, 0.15) is 12.8 Å². The molecule has 1 saturated carbocycles. The quantitative estimate of drug-likeness (QED) is 0.372. The van der Waals surface area contributed by atoms with Gasteiger partial charge in [-0.05, 0) is 53.6 Å². The Kier molecular flexibility index (Phi) is 4.84. The van der Waals surface area contributed by atoms with Gasteiger partial charge in [0.25, 0.3) is 0 Å². The fourth-order valence-electron chi connectivity index (χ4n) is 2.14. The van der Waals surface area contributed by atoms with E-state index in [-0.39, 0.29) is 11.8 Å². The van der Waals surface area contributed by atoms with Gasteiger partial charge in [0.15, 0.2) is 17.5 Å². The zero-order valence-corrected chi connectivity index (χ0v) is 15.4. The van der Waals surface area contributed by atoms with Gasteiger partial charge in [0.2, 0.25) is 10.0 Å². The van der Waals surface area contributed by atoms with Crippen LogP contribution in [0, 0.1) is 26.8 Å². The average molecular weight is 486 g/mol. The van der Waals surface area contributed by atoms with Crippen LogP contribution < -0.4 is 10.0 Å². The molecule has 3 rings (SSSR count). The van der Waals surface area contributed by atoms with Gasteiger partial charge in [-0.25, -0.2) is 26.0 Å². The molecule has 2 aromatic rings. The molecule has 0 aliphatic heterocycles. The molecular formula is C15H11F4IN2O2S. The molecule has 0 bridgehead atoms. The minimum absolute atomic E-state index is 0.232. The minimum atomic E-state index is -3.94. The molecule has 2 N–H and O–H groups in total. The maximum atomic E-state index is 14.2. The molecule has 10 heteroatoms. The number of benzene rings is 2. The van der Waals surface area contributed by atoms with Crippen molar-refractivity contribution in [3.63, 3.8) is 0 Å². The van der Waals surface area contributed by atoms with Crippen molar-refractivity contribution in [2.24, 2.45) is 0 Å². The predicted molar refractivity (Wildman–Crippen MR) is 94.3 cm³/mol. The Morgan fingerprint density at radius 3 is 2.24 bits per heavy atom. The monoisotopic (exact) mass is 486 g/mol. The first-order valence-corrected chi connectivity index (χ1v) is 9.73. The van der Waals surface area contributed by atoms with E-state index in [1.165, 1.54) is 12.1 Å². The van der Waals surface area contributed by atoms with Crippen LogP contribution in [0.3, 0.4) is 0 Å². The Bertz CT molecular complexity index is 949. The van der Waals surface area contributed by atoms with Crippen LogP contribution in [0.4, 0.5) is 34.6 Å².